The predicted molar refractivity (Wildman–Crippen MR) is 87.3 cm³/mol. The van der Waals surface area contributed by atoms with Crippen molar-refractivity contribution < 1.29 is 4.79 Å². The van der Waals surface area contributed by atoms with Gasteiger partial charge in [-0.25, -0.2) is 4.98 Å². The third-order valence-corrected chi connectivity index (χ3v) is 3.11. The second-order valence-electron chi connectivity index (χ2n) is 5.19. The minimum atomic E-state index is -0.141. The van der Waals surface area contributed by atoms with Crippen molar-refractivity contribution in [3.63, 3.8) is 0 Å². The van der Waals surface area contributed by atoms with Gasteiger partial charge in [0.15, 0.2) is 0 Å². The van der Waals surface area contributed by atoms with E-state index in [1.807, 2.05) is 62.3 Å². The van der Waals surface area contributed by atoms with Gasteiger partial charge in [-0.3, -0.25) is 4.79 Å². The number of aromatic nitrogens is 1. The zero-order valence-corrected chi connectivity index (χ0v) is 12.8. The zero-order valence-electron chi connectivity index (χ0n) is 12.8. The van der Waals surface area contributed by atoms with Gasteiger partial charge in [-0.05, 0) is 36.4 Å². The van der Waals surface area contributed by atoms with Gasteiger partial charge in [0.25, 0.3) is 5.91 Å². The average Bonchev–Trinajstić information content (AvgIpc) is 2.48. The number of nitrogens with one attached hydrogen (secondary N) is 1. The lowest BCUT2D eigenvalue weighted by Crippen LogP contribution is -2.15. The Morgan fingerprint density at radius 1 is 1.00 bits per heavy atom. The maximum atomic E-state index is 12.2. The molecule has 0 unspecified atom stereocenters. The van der Waals surface area contributed by atoms with Crippen molar-refractivity contribution in [3.05, 3.63) is 48.2 Å². The molecule has 110 valence electrons. The molecule has 0 fully saturated rings. The highest BCUT2D eigenvalue weighted by atomic mass is 16.1. The summed E-state index contributed by atoms with van der Waals surface area (Å²) in [6.45, 7) is 0. The van der Waals surface area contributed by atoms with Crippen molar-refractivity contribution in [2.45, 2.75) is 0 Å². The van der Waals surface area contributed by atoms with Crippen molar-refractivity contribution in [1.29, 1.82) is 0 Å². The first-order chi connectivity index (χ1) is 9.97. The first kappa shape index (κ1) is 14.8. The summed E-state index contributed by atoms with van der Waals surface area (Å²) in [5.74, 6) is 0.615. The van der Waals surface area contributed by atoms with Gasteiger partial charge in [0.05, 0.1) is 0 Å². The Morgan fingerprint density at radius 3 is 2.24 bits per heavy atom. The molecule has 5 heteroatoms. The van der Waals surface area contributed by atoms with Gasteiger partial charge >= 0.3 is 0 Å². The molecule has 0 bridgehead atoms. The summed E-state index contributed by atoms with van der Waals surface area (Å²) in [6.07, 6.45) is 1.64. The highest BCUT2D eigenvalue weighted by Crippen LogP contribution is 2.17. The Bertz CT molecular complexity index is 620. The smallest absolute Gasteiger partial charge is 0.255 e. The number of anilines is 3. The van der Waals surface area contributed by atoms with Gasteiger partial charge in [0.2, 0.25) is 0 Å². The summed E-state index contributed by atoms with van der Waals surface area (Å²) >= 11 is 0. The van der Waals surface area contributed by atoms with Gasteiger partial charge in [-0.15, -0.1) is 0 Å². The van der Waals surface area contributed by atoms with Crippen LogP contribution in [0, 0.1) is 0 Å². The van der Waals surface area contributed by atoms with E-state index in [4.69, 9.17) is 0 Å². The van der Waals surface area contributed by atoms with E-state index in [0.717, 1.165) is 17.2 Å². The van der Waals surface area contributed by atoms with Crippen molar-refractivity contribution >= 4 is 23.1 Å². The lowest BCUT2D eigenvalue weighted by Gasteiger charge is -2.14. The maximum Gasteiger partial charge on any atom is 0.255 e. The lowest BCUT2D eigenvalue weighted by molar-refractivity contribution is 0.102. The SMILES string of the molecule is CN(C)c1ccc(NC(=O)c2ccnc(N(C)C)c2)cc1. The molecule has 1 aromatic carbocycles. The van der Waals surface area contributed by atoms with E-state index in [0.29, 0.717) is 5.56 Å². The van der Waals surface area contributed by atoms with E-state index < -0.39 is 0 Å². The molecule has 0 radical (unpaired) electrons. The van der Waals surface area contributed by atoms with Crippen molar-refractivity contribution in [2.24, 2.45) is 0 Å². The summed E-state index contributed by atoms with van der Waals surface area (Å²) in [7, 11) is 7.74. The van der Waals surface area contributed by atoms with Crippen molar-refractivity contribution in [3.8, 4) is 0 Å². The number of benzene rings is 1. The Balaban J connectivity index is 2.12. The molecular formula is C16H20N4O. The molecule has 2 aromatic rings. The van der Waals surface area contributed by atoms with E-state index in [2.05, 4.69) is 10.3 Å². The first-order valence-electron chi connectivity index (χ1n) is 6.69. The van der Waals surface area contributed by atoms with Gasteiger partial charge in [0.1, 0.15) is 5.82 Å². The Hall–Kier alpha value is -2.56. The van der Waals surface area contributed by atoms with Crippen LogP contribution < -0.4 is 15.1 Å². The molecule has 0 saturated heterocycles. The molecule has 5 nitrogen and oxygen atoms in total. The number of amides is 1. The fourth-order valence-electron chi connectivity index (χ4n) is 1.85. The van der Waals surface area contributed by atoms with E-state index in [1.165, 1.54) is 0 Å². The Labute approximate surface area is 125 Å². The second kappa shape index (κ2) is 6.26. The van der Waals surface area contributed by atoms with E-state index in [1.54, 1.807) is 18.3 Å². The molecule has 0 spiro atoms. The third kappa shape index (κ3) is 3.72. The number of hydrogen-bond acceptors (Lipinski definition) is 4. The van der Waals surface area contributed by atoms with Crippen LogP contribution >= 0.6 is 0 Å². The van der Waals surface area contributed by atoms with Crippen molar-refractivity contribution in [2.75, 3.05) is 43.3 Å². The fraction of sp³-hybridized carbons (Fsp3) is 0.250. The monoisotopic (exact) mass is 284 g/mol. The normalized spacial score (nSPS) is 10.1. The first-order valence-corrected chi connectivity index (χ1v) is 6.69. The number of carbonyl (C=O) groups is 1. The fourth-order valence-corrected chi connectivity index (χ4v) is 1.85. The molecule has 0 aliphatic rings. The molecule has 0 aliphatic carbocycles. The summed E-state index contributed by atoms with van der Waals surface area (Å²) in [5, 5.41) is 2.89. The van der Waals surface area contributed by atoms with Crippen molar-refractivity contribution in [1.82, 2.24) is 4.98 Å². The number of pyridine rings is 1. The van der Waals surface area contributed by atoms with Crippen LogP contribution in [0.15, 0.2) is 42.6 Å². The molecule has 2 rings (SSSR count). The van der Waals surface area contributed by atoms with Crippen LogP contribution in [-0.2, 0) is 0 Å². The lowest BCUT2D eigenvalue weighted by atomic mass is 10.2. The van der Waals surface area contributed by atoms with Gasteiger partial charge < -0.3 is 15.1 Å². The molecule has 1 N–H and O–H groups in total. The van der Waals surface area contributed by atoms with Gasteiger partial charge in [0, 0.05) is 51.3 Å². The van der Waals surface area contributed by atoms with Crippen LogP contribution in [0.25, 0.3) is 0 Å². The molecule has 1 heterocycles. The van der Waals surface area contributed by atoms with E-state index in [9.17, 15) is 4.79 Å². The van der Waals surface area contributed by atoms with Crippen LogP contribution in [0.1, 0.15) is 10.4 Å². The summed E-state index contributed by atoms with van der Waals surface area (Å²) in [4.78, 5) is 20.3. The minimum Gasteiger partial charge on any atom is -0.378 e. The summed E-state index contributed by atoms with van der Waals surface area (Å²) in [6, 6.07) is 11.2. The highest BCUT2D eigenvalue weighted by Gasteiger charge is 2.08. The molecule has 1 amide bonds. The Kier molecular flexibility index (Phi) is 4.42. The summed E-state index contributed by atoms with van der Waals surface area (Å²) < 4.78 is 0. The van der Waals surface area contributed by atoms with Crippen LogP contribution in [-0.4, -0.2) is 39.1 Å². The molecular weight excluding hydrogens is 264 g/mol. The van der Waals surface area contributed by atoms with E-state index >= 15 is 0 Å². The standard InChI is InChI=1S/C16H20N4O/c1-19(2)14-7-5-13(6-8-14)18-16(21)12-9-10-17-15(11-12)20(3)4/h5-11H,1-4H3,(H,18,21). The highest BCUT2D eigenvalue weighted by molar-refractivity contribution is 6.04. The largest absolute Gasteiger partial charge is 0.378 e. The second-order valence-corrected chi connectivity index (χ2v) is 5.19. The Morgan fingerprint density at radius 2 is 1.67 bits per heavy atom. The van der Waals surface area contributed by atoms with Crippen LogP contribution in [0.5, 0.6) is 0 Å². The molecule has 0 saturated carbocycles. The topological polar surface area (TPSA) is 48.5 Å². The number of hydrogen-bond donors (Lipinski definition) is 1. The zero-order chi connectivity index (χ0) is 15.4. The van der Waals surface area contributed by atoms with Crippen LogP contribution in [0.2, 0.25) is 0 Å². The number of carbonyl (C=O) groups excluding carboxylic acids is 1. The molecule has 0 aliphatic heterocycles. The average molecular weight is 284 g/mol. The van der Waals surface area contributed by atoms with Crippen LogP contribution in [0.3, 0.4) is 0 Å². The minimum absolute atomic E-state index is 0.141. The molecule has 1 aromatic heterocycles. The predicted octanol–water partition coefficient (Wildman–Crippen LogP) is 2.47. The summed E-state index contributed by atoms with van der Waals surface area (Å²) in [5.41, 5.74) is 2.45. The van der Waals surface area contributed by atoms with Gasteiger partial charge in [-0.2, -0.15) is 0 Å². The number of nitrogens with zero attached hydrogens (tertiary/aromatic N) is 3. The van der Waals surface area contributed by atoms with E-state index in [-0.39, 0.29) is 5.91 Å². The number of rotatable bonds is 4. The maximum absolute atomic E-state index is 12.2. The third-order valence-electron chi connectivity index (χ3n) is 3.11. The van der Waals surface area contributed by atoms with Gasteiger partial charge in [-0.1, -0.05) is 0 Å². The molecule has 21 heavy (non-hydrogen) atoms. The molecule has 0 atom stereocenters. The quantitative estimate of drug-likeness (QED) is 0.937. The van der Waals surface area contributed by atoms with Crippen LogP contribution in [0.4, 0.5) is 17.2 Å².